The van der Waals surface area contributed by atoms with E-state index in [1.807, 2.05) is 16.9 Å². The maximum Gasteiger partial charge on any atom is 0.190 e. The van der Waals surface area contributed by atoms with Gasteiger partial charge in [0.25, 0.3) is 0 Å². The first kappa shape index (κ1) is 22.9. The van der Waals surface area contributed by atoms with E-state index in [0.29, 0.717) is 22.4 Å². The third kappa shape index (κ3) is 8.46. The second-order valence-corrected chi connectivity index (χ2v) is 6.17. The number of ether oxygens (including phenoxy) is 1. The molecule has 0 fully saturated rings. The fourth-order valence-corrected chi connectivity index (χ4v) is 2.62. The molecular formula is C17H24Cl2IN5O. The molecule has 9 heteroatoms. The Balaban J connectivity index is 0.00000338. The van der Waals surface area contributed by atoms with Crippen molar-refractivity contribution in [3.05, 3.63) is 46.7 Å². The number of aryl methyl sites for hydroxylation is 1. The minimum absolute atomic E-state index is 0. The molecular weight excluding hydrogens is 488 g/mol. The van der Waals surface area contributed by atoms with E-state index >= 15 is 0 Å². The number of nitrogens with one attached hydrogen (secondary N) is 2. The van der Waals surface area contributed by atoms with Gasteiger partial charge in [0.2, 0.25) is 0 Å². The third-order valence-electron chi connectivity index (χ3n) is 3.40. The van der Waals surface area contributed by atoms with Crippen LogP contribution < -0.4 is 15.4 Å². The summed E-state index contributed by atoms with van der Waals surface area (Å²) in [6, 6.07) is 7.13. The van der Waals surface area contributed by atoms with Crippen molar-refractivity contribution in [1.29, 1.82) is 0 Å². The Morgan fingerprint density at radius 3 is 2.65 bits per heavy atom. The van der Waals surface area contributed by atoms with Gasteiger partial charge in [0.05, 0.1) is 11.6 Å². The largest absolute Gasteiger partial charge is 0.492 e. The summed E-state index contributed by atoms with van der Waals surface area (Å²) < 4.78 is 7.56. The highest BCUT2D eigenvalue weighted by Gasteiger charge is 2.02. The topological polar surface area (TPSA) is 63.5 Å². The zero-order valence-corrected chi connectivity index (χ0v) is 18.5. The summed E-state index contributed by atoms with van der Waals surface area (Å²) in [7, 11) is 1.76. The van der Waals surface area contributed by atoms with Gasteiger partial charge >= 0.3 is 0 Å². The van der Waals surface area contributed by atoms with Gasteiger partial charge in [-0.15, -0.1) is 24.0 Å². The van der Waals surface area contributed by atoms with Crippen LogP contribution in [-0.2, 0) is 6.54 Å². The van der Waals surface area contributed by atoms with Gasteiger partial charge in [-0.3, -0.25) is 9.67 Å². The normalized spacial score (nSPS) is 11.0. The predicted octanol–water partition coefficient (Wildman–Crippen LogP) is 3.83. The lowest BCUT2D eigenvalue weighted by Gasteiger charge is -2.12. The minimum Gasteiger partial charge on any atom is -0.492 e. The van der Waals surface area contributed by atoms with Crippen LogP contribution in [0.25, 0.3) is 0 Å². The molecule has 0 aliphatic carbocycles. The molecule has 6 nitrogen and oxygen atoms in total. The van der Waals surface area contributed by atoms with Gasteiger partial charge in [0.15, 0.2) is 5.96 Å². The lowest BCUT2D eigenvalue weighted by atomic mass is 10.3. The summed E-state index contributed by atoms with van der Waals surface area (Å²) in [6.07, 6.45) is 5.54. The molecule has 0 bridgehead atoms. The lowest BCUT2D eigenvalue weighted by Crippen LogP contribution is -2.38. The van der Waals surface area contributed by atoms with E-state index < -0.39 is 0 Å². The molecule has 1 aromatic carbocycles. The summed E-state index contributed by atoms with van der Waals surface area (Å²) in [5.74, 6) is 1.43. The fourth-order valence-electron chi connectivity index (χ4n) is 2.15. The van der Waals surface area contributed by atoms with E-state index in [1.165, 1.54) is 0 Å². The maximum absolute atomic E-state index is 6.06. The quantitative estimate of drug-likeness (QED) is 0.232. The molecule has 2 N–H and O–H groups in total. The highest BCUT2D eigenvalue weighted by molar-refractivity contribution is 14.0. The van der Waals surface area contributed by atoms with Crippen molar-refractivity contribution in [3.8, 4) is 5.75 Å². The molecule has 0 amide bonds. The summed E-state index contributed by atoms with van der Waals surface area (Å²) in [4.78, 5) is 4.20. The van der Waals surface area contributed by atoms with E-state index in [4.69, 9.17) is 27.9 Å². The molecule has 0 unspecified atom stereocenters. The molecule has 1 heterocycles. The summed E-state index contributed by atoms with van der Waals surface area (Å²) in [5.41, 5.74) is 0. The summed E-state index contributed by atoms with van der Waals surface area (Å²) >= 11 is 11.9. The van der Waals surface area contributed by atoms with Gasteiger partial charge in [-0.05, 0) is 37.1 Å². The zero-order valence-electron chi connectivity index (χ0n) is 14.6. The van der Waals surface area contributed by atoms with Crippen LogP contribution in [0.4, 0.5) is 0 Å². The first-order valence-corrected chi connectivity index (χ1v) is 8.94. The van der Waals surface area contributed by atoms with E-state index in [1.54, 1.807) is 31.4 Å². The second kappa shape index (κ2) is 13.1. The second-order valence-electron chi connectivity index (χ2n) is 5.33. The van der Waals surface area contributed by atoms with Crippen LogP contribution in [0, 0.1) is 0 Å². The monoisotopic (exact) mass is 511 g/mol. The Hall–Kier alpha value is -1.19. The minimum atomic E-state index is 0. The van der Waals surface area contributed by atoms with Crippen LogP contribution in [0.1, 0.15) is 12.8 Å². The molecule has 26 heavy (non-hydrogen) atoms. The Bertz CT molecular complexity index is 667. The highest BCUT2D eigenvalue weighted by Crippen LogP contribution is 2.27. The van der Waals surface area contributed by atoms with Gasteiger partial charge < -0.3 is 15.4 Å². The number of halogens is 3. The summed E-state index contributed by atoms with van der Waals surface area (Å²) in [6.45, 7) is 3.03. The van der Waals surface area contributed by atoms with Gasteiger partial charge in [-0.1, -0.05) is 23.2 Å². The molecule has 144 valence electrons. The molecule has 2 aromatic rings. The molecule has 0 saturated heterocycles. The molecule has 1 aromatic heterocycles. The Labute approximate surface area is 181 Å². The fraction of sp³-hybridized carbons (Fsp3) is 0.412. The standard InChI is InChI=1S/C17H23Cl2N5O.HI/c1-20-17(21-7-2-10-24-11-3-9-23-24)22-8-4-12-25-16-6-5-14(18)13-15(16)19;/h3,5-6,9,11,13H,2,4,7-8,10,12H2,1H3,(H2,20,21,22);1H. The number of hydrogen-bond acceptors (Lipinski definition) is 3. The lowest BCUT2D eigenvalue weighted by molar-refractivity contribution is 0.311. The Kier molecular flexibility index (Phi) is 11.5. The van der Waals surface area contributed by atoms with Crippen molar-refractivity contribution in [1.82, 2.24) is 20.4 Å². The average molecular weight is 512 g/mol. The molecule has 0 saturated carbocycles. The van der Waals surface area contributed by atoms with Gasteiger partial charge in [-0.25, -0.2) is 0 Å². The molecule has 0 aliphatic rings. The number of aliphatic imine (C=N–C) groups is 1. The molecule has 0 aliphatic heterocycles. The van der Waals surface area contributed by atoms with Crippen molar-refractivity contribution in [3.63, 3.8) is 0 Å². The smallest absolute Gasteiger partial charge is 0.190 e. The van der Waals surface area contributed by atoms with Crippen molar-refractivity contribution < 1.29 is 4.74 Å². The average Bonchev–Trinajstić information content (AvgIpc) is 3.11. The van der Waals surface area contributed by atoms with Gasteiger partial charge in [0, 0.05) is 44.1 Å². The van der Waals surface area contributed by atoms with Crippen molar-refractivity contribution in [2.24, 2.45) is 4.99 Å². The number of aromatic nitrogens is 2. The van der Waals surface area contributed by atoms with E-state index in [9.17, 15) is 0 Å². The van der Waals surface area contributed by atoms with Crippen molar-refractivity contribution in [2.75, 3.05) is 26.7 Å². The predicted molar refractivity (Wildman–Crippen MR) is 118 cm³/mol. The number of guanidine groups is 1. The van der Waals surface area contributed by atoms with Crippen molar-refractivity contribution >= 4 is 53.1 Å². The van der Waals surface area contributed by atoms with Gasteiger partial charge in [-0.2, -0.15) is 5.10 Å². The van der Waals surface area contributed by atoms with Crippen LogP contribution in [-0.4, -0.2) is 42.5 Å². The molecule has 2 rings (SSSR count). The van der Waals surface area contributed by atoms with Gasteiger partial charge in [0.1, 0.15) is 5.75 Å². The highest BCUT2D eigenvalue weighted by atomic mass is 127. The molecule has 0 spiro atoms. The number of nitrogens with zero attached hydrogens (tertiary/aromatic N) is 3. The van der Waals surface area contributed by atoms with Crippen LogP contribution >= 0.6 is 47.2 Å². The first-order chi connectivity index (χ1) is 12.2. The maximum atomic E-state index is 6.06. The zero-order chi connectivity index (χ0) is 17.9. The number of hydrogen-bond donors (Lipinski definition) is 2. The van der Waals surface area contributed by atoms with Crippen LogP contribution in [0.15, 0.2) is 41.7 Å². The third-order valence-corrected chi connectivity index (χ3v) is 3.93. The van der Waals surface area contributed by atoms with E-state index in [2.05, 4.69) is 20.7 Å². The SMILES string of the molecule is CN=C(NCCCOc1ccc(Cl)cc1Cl)NCCCn1cccn1.I. The first-order valence-electron chi connectivity index (χ1n) is 8.19. The number of rotatable bonds is 9. The van der Waals surface area contributed by atoms with Crippen LogP contribution in [0.3, 0.4) is 0 Å². The van der Waals surface area contributed by atoms with Crippen LogP contribution in [0.2, 0.25) is 10.0 Å². The Morgan fingerprint density at radius 2 is 2.00 bits per heavy atom. The van der Waals surface area contributed by atoms with E-state index in [-0.39, 0.29) is 24.0 Å². The molecule has 0 radical (unpaired) electrons. The number of benzene rings is 1. The molecule has 0 atom stereocenters. The van der Waals surface area contributed by atoms with Crippen LogP contribution in [0.5, 0.6) is 5.75 Å². The summed E-state index contributed by atoms with van der Waals surface area (Å²) in [5, 5.41) is 11.8. The Morgan fingerprint density at radius 1 is 1.23 bits per heavy atom. The van der Waals surface area contributed by atoms with Crippen molar-refractivity contribution in [2.45, 2.75) is 19.4 Å². The van der Waals surface area contributed by atoms with E-state index in [0.717, 1.165) is 38.4 Å².